The smallest absolute Gasteiger partial charge is 0.343 e. The SMILES string of the molecule is O=C(Oc1ccc([C@H]2Oc3cc(O)cc(O)c3C[C@H]2O)c2cc([C@H]3Oc4cc(O)cc(O)c4C[C@H]3O)cc(=O)c(O)c12)c1cc(O)c(O)c(O)c1. The summed E-state index contributed by atoms with van der Waals surface area (Å²) in [6.45, 7) is 0. The minimum Gasteiger partial charge on any atom is -0.508 e. The number of phenols is 7. The van der Waals surface area contributed by atoms with Crippen molar-refractivity contribution in [1.29, 1.82) is 0 Å². The van der Waals surface area contributed by atoms with Crippen molar-refractivity contribution < 1.29 is 70.1 Å². The number of aliphatic hydroxyl groups excluding tert-OH is 2. The molecule has 5 aromatic rings. The van der Waals surface area contributed by atoms with Crippen molar-refractivity contribution in [2.24, 2.45) is 0 Å². The molecule has 4 atom stereocenters. The zero-order valence-corrected chi connectivity index (χ0v) is 26.0. The van der Waals surface area contributed by atoms with Gasteiger partial charge in [0, 0.05) is 53.8 Å². The van der Waals surface area contributed by atoms with E-state index in [0.29, 0.717) is 0 Å². The minimum atomic E-state index is -1.37. The lowest BCUT2D eigenvalue weighted by atomic mass is 9.90. The Kier molecular flexibility index (Phi) is 7.80. The highest BCUT2D eigenvalue weighted by Crippen LogP contribution is 2.47. The quantitative estimate of drug-likeness (QED) is 0.0733. The first-order valence-electron chi connectivity index (χ1n) is 15.3. The van der Waals surface area contributed by atoms with Crippen LogP contribution in [0.15, 0.2) is 65.5 Å². The van der Waals surface area contributed by atoms with Gasteiger partial charge in [-0.05, 0) is 41.3 Å². The first-order valence-corrected chi connectivity index (χ1v) is 15.3. The molecule has 0 aliphatic carbocycles. The maximum atomic E-state index is 13.5. The van der Waals surface area contributed by atoms with Crippen LogP contribution in [-0.4, -0.2) is 69.2 Å². The molecule has 15 heteroatoms. The number of ether oxygens (including phenoxy) is 3. The van der Waals surface area contributed by atoms with E-state index in [0.717, 1.165) is 30.3 Å². The van der Waals surface area contributed by atoms with E-state index >= 15 is 0 Å². The molecular formula is C36H28O15. The number of carbonyl (C=O) groups excluding carboxylic acids is 1. The van der Waals surface area contributed by atoms with Crippen molar-refractivity contribution >= 4 is 16.7 Å². The number of aromatic hydroxyl groups is 8. The highest BCUT2D eigenvalue weighted by Gasteiger charge is 2.36. The van der Waals surface area contributed by atoms with Gasteiger partial charge in [0.15, 0.2) is 29.1 Å². The number of esters is 1. The molecule has 0 unspecified atom stereocenters. The molecule has 262 valence electrons. The third-order valence-corrected chi connectivity index (χ3v) is 8.84. The van der Waals surface area contributed by atoms with E-state index in [1.165, 1.54) is 30.3 Å². The summed E-state index contributed by atoms with van der Waals surface area (Å²) in [5.74, 6) is -6.40. The monoisotopic (exact) mass is 700 g/mol. The van der Waals surface area contributed by atoms with E-state index in [1.807, 2.05) is 0 Å². The van der Waals surface area contributed by atoms with E-state index in [9.17, 15) is 60.7 Å². The Labute approximate surface area is 285 Å². The number of hydrogen-bond donors (Lipinski definition) is 10. The summed E-state index contributed by atoms with van der Waals surface area (Å²) in [5, 5.41) is 104. The van der Waals surface area contributed by atoms with Crippen LogP contribution >= 0.6 is 0 Å². The van der Waals surface area contributed by atoms with Gasteiger partial charge in [0.1, 0.15) is 46.4 Å². The molecule has 2 heterocycles. The van der Waals surface area contributed by atoms with Crippen molar-refractivity contribution in [1.82, 2.24) is 0 Å². The zero-order chi connectivity index (χ0) is 36.5. The van der Waals surface area contributed by atoms with Crippen LogP contribution in [0.1, 0.15) is 44.8 Å². The average Bonchev–Trinajstić information content (AvgIpc) is 3.19. The molecule has 0 saturated heterocycles. The number of benzene rings is 4. The molecule has 0 fully saturated rings. The number of fused-ring (bicyclic) bond motifs is 3. The van der Waals surface area contributed by atoms with Gasteiger partial charge in [0.2, 0.25) is 5.43 Å². The van der Waals surface area contributed by atoms with E-state index in [-0.39, 0.29) is 80.4 Å². The van der Waals surface area contributed by atoms with Crippen LogP contribution in [0.25, 0.3) is 10.8 Å². The largest absolute Gasteiger partial charge is 0.508 e. The Morgan fingerprint density at radius 3 is 1.78 bits per heavy atom. The molecule has 0 bridgehead atoms. The van der Waals surface area contributed by atoms with Gasteiger partial charge in [-0.25, -0.2) is 4.79 Å². The molecule has 5 aromatic carbocycles. The predicted octanol–water partition coefficient (Wildman–Crippen LogP) is 3.14. The molecule has 51 heavy (non-hydrogen) atoms. The Balaban J connectivity index is 1.42. The fraction of sp³-hybridized carbons (Fsp3) is 0.167. The molecule has 15 nitrogen and oxygen atoms in total. The fourth-order valence-electron chi connectivity index (χ4n) is 6.42. The van der Waals surface area contributed by atoms with Gasteiger partial charge >= 0.3 is 5.97 Å². The summed E-state index contributed by atoms with van der Waals surface area (Å²) in [6.07, 6.45) is -5.66. The van der Waals surface area contributed by atoms with Gasteiger partial charge in [-0.1, -0.05) is 6.07 Å². The summed E-state index contributed by atoms with van der Waals surface area (Å²) < 4.78 is 17.5. The summed E-state index contributed by atoms with van der Waals surface area (Å²) in [6, 6.07) is 11.0. The summed E-state index contributed by atoms with van der Waals surface area (Å²) in [5.41, 5.74) is -0.970. The van der Waals surface area contributed by atoms with Crippen LogP contribution in [0.3, 0.4) is 0 Å². The van der Waals surface area contributed by atoms with E-state index < -0.39 is 70.1 Å². The Morgan fingerprint density at radius 2 is 1.20 bits per heavy atom. The summed E-state index contributed by atoms with van der Waals surface area (Å²) in [4.78, 5) is 26.8. The fourth-order valence-corrected chi connectivity index (χ4v) is 6.42. The molecule has 0 radical (unpaired) electrons. The van der Waals surface area contributed by atoms with Crippen molar-refractivity contribution in [2.45, 2.75) is 37.3 Å². The Hall–Kier alpha value is -6.58. The molecule has 0 amide bonds. The van der Waals surface area contributed by atoms with Crippen molar-refractivity contribution in [3.05, 3.63) is 98.7 Å². The topological polar surface area (TPSA) is 264 Å². The first kappa shape index (κ1) is 32.9. The lowest BCUT2D eigenvalue weighted by Gasteiger charge is -2.32. The summed E-state index contributed by atoms with van der Waals surface area (Å²) in [7, 11) is 0. The molecule has 0 spiro atoms. The van der Waals surface area contributed by atoms with Crippen LogP contribution in [0.5, 0.6) is 63.2 Å². The van der Waals surface area contributed by atoms with E-state index in [2.05, 4.69) is 0 Å². The average molecular weight is 701 g/mol. The normalized spacial score (nSPS) is 19.3. The van der Waals surface area contributed by atoms with Crippen LogP contribution in [0.4, 0.5) is 0 Å². The number of carbonyl (C=O) groups is 1. The molecule has 7 rings (SSSR count). The maximum absolute atomic E-state index is 13.5. The lowest BCUT2D eigenvalue weighted by Crippen LogP contribution is -2.31. The van der Waals surface area contributed by atoms with Crippen LogP contribution in [0, 0.1) is 0 Å². The van der Waals surface area contributed by atoms with E-state index in [4.69, 9.17) is 14.2 Å². The number of aliphatic hydroxyl groups is 2. The number of hydrogen-bond acceptors (Lipinski definition) is 15. The first-order chi connectivity index (χ1) is 24.2. The molecule has 0 aromatic heterocycles. The van der Waals surface area contributed by atoms with Crippen LogP contribution in [-0.2, 0) is 12.8 Å². The second kappa shape index (κ2) is 12.1. The zero-order valence-electron chi connectivity index (χ0n) is 26.0. The Bertz CT molecular complexity index is 2310. The van der Waals surface area contributed by atoms with Gasteiger partial charge < -0.3 is 65.3 Å². The van der Waals surface area contributed by atoms with Crippen molar-refractivity contribution in [3.8, 4) is 63.2 Å². The van der Waals surface area contributed by atoms with E-state index in [1.54, 1.807) is 0 Å². The van der Waals surface area contributed by atoms with Gasteiger partial charge in [0.05, 0.1) is 23.2 Å². The minimum absolute atomic E-state index is 0.00721. The third-order valence-electron chi connectivity index (χ3n) is 8.84. The van der Waals surface area contributed by atoms with Gasteiger partial charge in [-0.15, -0.1) is 0 Å². The highest BCUT2D eigenvalue weighted by molar-refractivity contribution is 6.00. The standard InChI is InChI=1S/C36H28O15/c37-15-7-21(39)19-11-26(44)34(49-29(19)9-15)13-3-18-17(35-27(45)12-20-22(40)8-16(38)10-30(20)50-35)1-2-28(31(18)33(47)25(43)4-13)51-36(48)14-5-23(41)32(46)24(42)6-14/h1-10,26-27,34-35,37-42,44-46H,11-12H2,(H,43,47)/t26-,27-,34-,35-/m1/s1. The third kappa shape index (κ3) is 5.69. The van der Waals surface area contributed by atoms with Crippen LogP contribution < -0.4 is 19.6 Å². The second-order valence-electron chi connectivity index (χ2n) is 12.2. The number of rotatable bonds is 4. The lowest BCUT2D eigenvalue weighted by molar-refractivity contribution is 0.0194. The molecule has 2 aliphatic heterocycles. The van der Waals surface area contributed by atoms with Gasteiger partial charge in [0.25, 0.3) is 0 Å². The molecule has 10 N–H and O–H groups in total. The molecule has 2 aliphatic rings. The summed E-state index contributed by atoms with van der Waals surface area (Å²) >= 11 is 0. The molecule has 0 saturated carbocycles. The van der Waals surface area contributed by atoms with Crippen molar-refractivity contribution in [2.75, 3.05) is 0 Å². The number of phenolic OH excluding ortho intramolecular Hbond substituents is 7. The van der Waals surface area contributed by atoms with Gasteiger partial charge in [-0.3, -0.25) is 4.79 Å². The van der Waals surface area contributed by atoms with Gasteiger partial charge in [-0.2, -0.15) is 0 Å². The van der Waals surface area contributed by atoms with Crippen LogP contribution in [0.2, 0.25) is 0 Å². The highest BCUT2D eigenvalue weighted by atomic mass is 16.5. The maximum Gasteiger partial charge on any atom is 0.343 e. The predicted molar refractivity (Wildman–Crippen MR) is 174 cm³/mol. The molecular weight excluding hydrogens is 672 g/mol. The second-order valence-corrected chi connectivity index (χ2v) is 12.2. The van der Waals surface area contributed by atoms with Crippen molar-refractivity contribution in [3.63, 3.8) is 0 Å². The Morgan fingerprint density at radius 1 is 0.647 bits per heavy atom.